The minimum atomic E-state index is -0.479. The van der Waals surface area contributed by atoms with Crippen molar-refractivity contribution in [3.05, 3.63) is 0 Å². The minimum Gasteiger partial charge on any atom is -0.465 e. The first-order chi connectivity index (χ1) is 9.66. The van der Waals surface area contributed by atoms with Gasteiger partial charge in [-0.05, 0) is 44.9 Å². The molecule has 1 saturated heterocycles. The maximum Gasteiger partial charge on any atom is 0.326 e. The summed E-state index contributed by atoms with van der Waals surface area (Å²) in [5.74, 6) is 0.642. The Morgan fingerprint density at radius 3 is 2.85 bits per heavy atom. The van der Waals surface area contributed by atoms with E-state index in [1.807, 2.05) is 6.92 Å². The zero-order chi connectivity index (χ0) is 14.4. The number of carbonyl (C=O) groups is 1. The third-order valence-electron chi connectivity index (χ3n) is 4.72. The van der Waals surface area contributed by atoms with Gasteiger partial charge in [-0.3, -0.25) is 10.1 Å². The van der Waals surface area contributed by atoms with Crippen molar-refractivity contribution in [2.45, 2.75) is 70.4 Å². The van der Waals surface area contributed by atoms with Gasteiger partial charge < -0.3 is 9.47 Å². The summed E-state index contributed by atoms with van der Waals surface area (Å²) < 4.78 is 11.0. The van der Waals surface area contributed by atoms with Gasteiger partial charge in [0, 0.05) is 13.2 Å². The molecule has 3 unspecified atom stereocenters. The number of ether oxygens (including phenoxy) is 2. The van der Waals surface area contributed by atoms with Crippen LogP contribution in [0.4, 0.5) is 0 Å². The van der Waals surface area contributed by atoms with Crippen LogP contribution in [-0.4, -0.2) is 37.4 Å². The van der Waals surface area contributed by atoms with Crippen LogP contribution in [0.15, 0.2) is 0 Å². The fourth-order valence-electron chi connectivity index (χ4n) is 3.35. The predicted octanol–water partition coefficient (Wildman–Crippen LogP) is 2.66. The first-order valence-corrected chi connectivity index (χ1v) is 8.20. The van der Waals surface area contributed by atoms with Gasteiger partial charge >= 0.3 is 5.97 Å². The van der Waals surface area contributed by atoms with Crippen LogP contribution in [0.2, 0.25) is 0 Å². The Hall–Kier alpha value is -0.610. The van der Waals surface area contributed by atoms with Gasteiger partial charge in [-0.1, -0.05) is 19.8 Å². The number of hydrogen-bond donors (Lipinski definition) is 1. The van der Waals surface area contributed by atoms with Crippen LogP contribution in [0.5, 0.6) is 0 Å². The van der Waals surface area contributed by atoms with Crippen LogP contribution in [0, 0.1) is 5.92 Å². The quantitative estimate of drug-likeness (QED) is 0.622. The lowest BCUT2D eigenvalue weighted by molar-refractivity contribution is -0.152. The lowest BCUT2D eigenvalue weighted by Gasteiger charge is -2.32. The molecule has 1 aliphatic heterocycles. The number of carbonyl (C=O) groups excluding carboxylic acids is 1. The number of esters is 1. The second-order valence-corrected chi connectivity index (χ2v) is 6.35. The molecule has 0 aromatic rings. The highest BCUT2D eigenvalue weighted by molar-refractivity contribution is 5.81. The van der Waals surface area contributed by atoms with E-state index in [1.165, 1.54) is 6.42 Å². The second kappa shape index (κ2) is 7.41. The van der Waals surface area contributed by atoms with Gasteiger partial charge in [0.2, 0.25) is 0 Å². The van der Waals surface area contributed by atoms with E-state index in [-0.39, 0.29) is 12.1 Å². The molecule has 0 bridgehead atoms. The zero-order valence-corrected chi connectivity index (χ0v) is 13.0. The monoisotopic (exact) mass is 283 g/mol. The molecule has 0 spiro atoms. The molecule has 0 amide bonds. The highest BCUT2D eigenvalue weighted by Crippen LogP contribution is 2.31. The van der Waals surface area contributed by atoms with E-state index in [0.717, 1.165) is 51.7 Å². The van der Waals surface area contributed by atoms with Crippen molar-refractivity contribution in [1.82, 2.24) is 5.32 Å². The number of rotatable bonds is 5. The summed E-state index contributed by atoms with van der Waals surface area (Å²) in [6.45, 7) is 6.24. The molecule has 0 aromatic carbocycles. The summed E-state index contributed by atoms with van der Waals surface area (Å²) in [5, 5.41) is 3.52. The summed E-state index contributed by atoms with van der Waals surface area (Å²) in [6, 6.07) is 0. The number of hydrogen-bond acceptors (Lipinski definition) is 4. The Morgan fingerprint density at radius 2 is 2.15 bits per heavy atom. The smallest absolute Gasteiger partial charge is 0.326 e. The standard InChI is InChI=1S/C16H29NO3/c1-3-19-15(18)16(9-4-6-13(2)8-10-16)17-12-14-7-5-11-20-14/h13-14,17H,3-12H2,1-2H3. The molecule has 0 aromatic heterocycles. The number of nitrogens with one attached hydrogen (secondary N) is 1. The van der Waals surface area contributed by atoms with Crippen molar-refractivity contribution < 1.29 is 14.3 Å². The van der Waals surface area contributed by atoms with Crippen molar-refractivity contribution in [1.29, 1.82) is 0 Å². The van der Waals surface area contributed by atoms with Gasteiger partial charge in [0.15, 0.2) is 0 Å². The van der Waals surface area contributed by atoms with Crippen LogP contribution in [0.3, 0.4) is 0 Å². The van der Waals surface area contributed by atoms with Crippen molar-refractivity contribution in [3.63, 3.8) is 0 Å². The Labute approximate surface area is 122 Å². The molecule has 0 radical (unpaired) electrons. The van der Waals surface area contributed by atoms with Crippen LogP contribution in [0.1, 0.15) is 58.8 Å². The maximum atomic E-state index is 12.5. The Morgan fingerprint density at radius 1 is 1.30 bits per heavy atom. The minimum absolute atomic E-state index is 0.0629. The van der Waals surface area contributed by atoms with Gasteiger partial charge in [0.05, 0.1) is 12.7 Å². The van der Waals surface area contributed by atoms with Crippen molar-refractivity contribution >= 4 is 5.97 Å². The fourth-order valence-corrected chi connectivity index (χ4v) is 3.35. The Balaban J connectivity index is 1.99. The fraction of sp³-hybridized carbons (Fsp3) is 0.938. The van der Waals surface area contributed by atoms with E-state index < -0.39 is 5.54 Å². The molecule has 116 valence electrons. The topological polar surface area (TPSA) is 47.6 Å². The summed E-state index contributed by atoms with van der Waals surface area (Å²) in [5.41, 5.74) is -0.479. The second-order valence-electron chi connectivity index (χ2n) is 6.35. The van der Waals surface area contributed by atoms with E-state index in [2.05, 4.69) is 12.2 Å². The molecule has 20 heavy (non-hydrogen) atoms. The molecule has 1 heterocycles. The highest BCUT2D eigenvalue weighted by Gasteiger charge is 2.41. The molecule has 2 aliphatic rings. The summed E-state index contributed by atoms with van der Waals surface area (Å²) in [7, 11) is 0. The molecule has 2 fully saturated rings. The predicted molar refractivity (Wildman–Crippen MR) is 78.6 cm³/mol. The SMILES string of the molecule is CCOC(=O)C1(NCC2CCCO2)CCCC(C)CC1. The Bertz CT molecular complexity index is 315. The van der Waals surface area contributed by atoms with Gasteiger partial charge in [0.25, 0.3) is 0 Å². The molecule has 1 N–H and O–H groups in total. The molecule has 4 heteroatoms. The third-order valence-corrected chi connectivity index (χ3v) is 4.72. The summed E-state index contributed by atoms with van der Waals surface area (Å²) in [6.07, 6.45) is 7.68. The van der Waals surface area contributed by atoms with Crippen molar-refractivity contribution in [2.24, 2.45) is 5.92 Å². The van der Waals surface area contributed by atoms with Gasteiger partial charge in [-0.2, -0.15) is 0 Å². The average Bonchev–Trinajstić information content (AvgIpc) is 2.88. The summed E-state index contributed by atoms with van der Waals surface area (Å²) in [4.78, 5) is 12.5. The van der Waals surface area contributed by atoms with Crippen LogP contribution in [-0.2, 0) is 14.3 Å². The van der Waals surface area contributed by atoms with Crippen molar-refractivity contribution in [3.8, 4) is 0 Å². The van der Waals surface area contributed by atoms with E-state index in [1.54, 1.807) is 0 Å². The normalized spacial score (nSPS) is 34.7. The van der Waals surface area contributed by atoms with Crippen LogP contribution >= 0.6 is 0 Å². The first-order valence-electron chi connectivity index (χ1n) is 8.20. The molecule has 1 aliphatic carbocycles. The first kappa shape index (κ1) is 15.8. The zero-order valence-electron chi connectivity index (χ0n) is 13.0. The Kier molecular flexibility index (Phi) is 5.85. The average molecular weight is 283 g/mol. The van der Waals surface area contributed by atoms with E-state index in [4.69, 9.17) is 9.47 Å². The molecule has 1 saturated carbocycles. The summed E-state index contributed by atoms with van der Waals surface area (Å²) >= 11 is 0. The maximum absolute atomic E-state index is 12.5. The lowest BCUT2D eigenvalue weighted by Crippen LogP contribution is -2.54. The largest absolute Gasteiger partial charge is 0.465 e. The van der Waals surface area contributed by atoms with Crippen molar-refractivity contribution in [2.75, 3.05) is 19.8 Å². The van der Waals surface area contributed by atoms with E-state index in [0.29, 0.717) is 12.5 Å². The van der Waals surface area contributed by atoms with E-state index in [9.17, 15) is 4.79 Å². The molecular formula is C16H29NO3. The molecule has 4 nitrogen and oxygen atoms in total. The van der Waals surface area contributed by atoms with Crippen LogP contribution < -0.4 is 5.32 Å². The van der Waals surface area contributed by atoms with Crippen LogP contribution in [0.25, 0.3) is 0 Å². The van der Waals surface area contributed by atoms with Gasteiger partial charge in [0.1, 0.15) is 5.54 Å². The van der Waals surface area contributed by atoms with Gasteiger partial charge in [-0.15, -0.1) is 0 Å². The third kappa shape index (κ3) is 3.95. The molecular weight excluding hydrogens is 254 g/mol. The van der Waals surface area contributed by atoms with Gasteiger partial charge in [-0.25, -0.2) is 0 Å². The highest BCUT2D eigenvalue weighted by atomic mass is 16.5. The van der Waals surface area contributed by atoms with E-state index >= 15 is 0 Å². The lowest BCUT2D eigenvalue weighted by atomic mass is 9.89. The molecule has 2 rings (SSSR count). The molecule has 3 atom stereocenters.